The Morgan fingerprint density at radius 2 is 1.63 bits per heavy atom. The molecule has 0 aliphatic carbocycles. The molecule has 5 saturated heterocycles. The molecule has 0 saturated carbocycles. The zero-order valence-electron chi connectivity index (χ0n) is 11.2. The van der Waals surface area contributed by atoms with Crippen LogP contribution in [-0.4, -0.2) is 61.3 Å². The third kappa shape index (κ3) is 1.24. The fraction of sp³-hybridized carbons (Fsp3) is 0.625. The van der Waals surface area contributed by atoms with E-state index < -0.39 is 0 Å². The van der Waals surface area contributed by atoms with Crippen molar-refractivity contribution < 1.29 is 4.74 Å². The number of rotatable bonds is 1. The minimum Gasteiger partial charge on any atom is -0.368 e. The Balaban J connectivity index is 1.71. The molecule has 3 atom stereocenters. The van der Waals surface area contributed by atoms with E-state index in [1.54, 1.807) is 0 Å². The van der Waals surface area contributed by atoms with Gasteiger partial charge in [-0.3, -0.25) is 0 Å². The highest BCUT2D eigenvalue weighted by Crippen LogP contribution is 2.58. The van der Waals surface area contributed by atoms with E-state index in [4.69, 9.17) is 4.74 Å². The Labute approximate surface area is 114 Å². The van der Waals surface area contributed by atoms with Gasteiger partial charge in [-0.25, -0.2) is 0 Å². The van der Waals surface area contributed by atoms with Gasteiger partial charge in [0.15, 0.2) is 0 Å². The Morgan fingerprint density at radius 1 is 1.00 bits per heavy atom. The maximum Gasteiger partial charge on any atom is 0.109 e. The molecule has 1 aromatic rings. The van der Waals surface area contributed by atoms with Gasteiger partial charge in [-0.1, -0.05) is 30.3 Å². The zero-order valence-corrected chi connectivity index (χ0v) is 11.2. The molecule has 0 radical (unpaired) electrons. The number of epoxide rings is 1. The van der Waals surface area contributed by atoms with Gasteiger partial charge in [-0.2, -0.15) is 0 Å². The summed E-state index contributed by atoms with van der Waals surface area (Å²) in [6.45, 7) is 8.31. The van der Waals surface area contributed by atoms with Gasteiger partial charge in [0, 0.05) is 45.2 Å². The number of benzene rings is 1. The maximum atomic E-state index is 6.13. The van der Waals surface area contributed by atoms with Crippen molar-refractivity contribution in [3.8, 4) is 0 Å². The van der Waals surface area contributed by atoms with Crippen molar-refractivity contribution in [2.45, 2.75) is 11.0 Å². The summed E-state index contributed by atoms with van der Waals surface area (Å²) in [7, 11) is 0. The average molecular weight is 256 g/mol. The van der Waals surface area contributed by atoms with Crippen LogP contribution < -0.4 is 0 Å². The summed E-state index contributed by atoms with van der Waals surface area (Å²) >= 11 is 0. The van der Waals surface area contributed by atoms with Crippen LogP contribution in [0.3, 0.4) is 0 Å². The molecule has 4 bridgehead atoms. The van der Waals surface area contributed by atoms with Crippen molar-refractivity contribution in [2.75, 3.05) is 45.9 Å². The van der Waals surface area contributed by atoms with Crippen molar-refractivity contribution in [3.05, 3.63) is 35.9 Å². The van der Waals surface area contributed by atoms with E-state index in [0.717, 1.165) is 6.61 Å². The van der Waals surface area contributed by atoms with Gasteiger partial charge in [-0.15, -0.1) is 0 Å². The van der Waals surface area contributed by atoms with Crippen LogP contribution in [0.15, 0.2) is 30.3 Å². The van der Waals surface area contributed by atoms with Gasteiger partial charge in [0.1, 0.15) is 5.60 Å². The Kier molecular flexibility index (Phi) is 1.94. The highest BCUT2D eigenvalue weighted by atomic mass is 16.6. The highest BCUT2D eigenvalue weighted by molar-refractivity contribution is 5.38. The monoisotopic (exact) mass is 256 g/mol. The van der Waals surface area contributed by atoms with Crippen molar-refractivity contribution in [3.63, 3.8) is 0 Å². The molecule has 5 heterocycles. The van der Waals surface area contributed by atoms with Gasteiger partial charge in [0.2, 0.25) is 0 Å². The molecule has 5 fully saturated rings. The summed E-state index contributed by atoms with van der Waals surface area (Å²) in [6.07, 6.45) is 0. The molecule has 100 valence electrons. The van der Waals surface area contributed by atoms with Crippen LogP contribution >= 0.6 is 0 Å². The number of fused-ring (bicyclic) bond motifs is 1. The molecule has 0 aromatic heterocycles. The van der Waals surface area contributed by atoms with Crippen molar-refractivity contribution in [1.29, 1.82) is 0 Å². The van der Waals surface area contributed by atoms with Crippen molar-refractivity contribution in [1.82, 2.24) is 9.80 Å². The summed E-state index contributed by atoms with van der Waals surface area (Å²) in [4.78, 5) is 5.36. The Hall–Kier alpha value is -0.900. The predicted molar refractivity (Wildman–Crippen MR) is 73.2 cm³/mol. The zero-order chi connectivity index (χ0) is 12.5. The van der Waals surface area contributed by atoms with E-state index >= 15 is 0 Å². The summed E-state index contributed by atoms with van der Waals surface area (Å²) in [5, 5.41) is 0. The van der Waals surface area contributed by atoms with E-state index in [9.17, 15) is 0 Å². The lowest BCUT2D eigenvalue weighted by molar-refractivity contribution is -0.0309. The van der Waals surface area contributed by atoms with Crippen LogP contribution in [0.5, 0.6) is 0 Å². The molecule has 3 unspecified atom stereocenters. The molecule has 0 amide bonds. The molecule has 3 nitrogen and oxygen atoms in total. The second-order valence-corrected chi connectivity index (χ2v) is 6.79. The lowest BCUT2D eigenvalue weighted by Crippen LogP contribution is -2.68. The van der Waals surface area contributed by atoms with E-state index in [2.05, 4.69) is 40.1 Å². The lowest BCUT2D eigenvalue weighted by Gasteiger charge is -2.54. The van der Waals surface area contributed by atoms with E-state index in [-0.39, 0.29) is 11.0 Å². The first-order chi connectivity index (χ1) is 9.32. The summed E-state index contributed by atoms with van der Waals surface area (Å²) < 4.78 is 6.13. The molecular weight excluding hydrogens is 236 g/mol. The predicted octanol–water partition coefficient (Wildman–Crippen LogP) is 0.954. The van der Waals surface area contributed by atoms with Crippen molar-refractivity contribution >= 4 is 0 Å². The number of hydrogen-bond acceptors (Lipinski definition) is 3. The fourth-order valence-corrected chi connectivity index (χ4v) is 4.97. The minimum atomic E-state index is 0.158. The molecule has 5 aliphatic rings. The third-order valence-corrected chi connectivity index (χ3v) is 5.93. The first kappa shape index (κ1) is 10.8. The number of nitrogens with zero attached hydrogens (tertiary/aromatic N) is 2. The summed E-state index contributed by atoms with van der Waals surface area (Å²) in [6, 6.07) is 11.1. The first-order valence-corrected chi connectivity index (χ1v) is 7.47. The SMILES string of the molecule is c1ccc(C23CN4CCN(CC(C4)C24CO4)C3)cc1. The van der Waals surface area contributed by atoms with Crippen LogP contribution in [-0.2, 0) is 10.2 Å². The molecule has 6 rings (SSSR count). The maximum absolute atomic E-state index is 6.13. The van der Waals surface area contributed by atoms with E-state index in [1.807, 2.05) is 0 Å². The quantitative estimate of drug-likeness (QED) is 0.697. The normalized spacial score (nSPS) is 50.4. The smallest absolute Gasteiger partial charge is 0.109 e. The van der Waals surface area contributed by atoms with Crippen LogP contribution in [0, 0.1) is 5.92 Å². The lowest BCUT2D eigenvalue weighted by atomic mass is 9.60. The van der Waals surface area contributed by atoms with Crippen LogP contribution in [0.1, 0.15) is 5.56 Å². The summed E-state index contributed by atoms with van der Waals surface area (Å²) in [5.74, 6) is 0.706. The largest absolute Gasteiger partial charge is 0.368 e. The van der Waals surface area contributed by atoms with Gasteiger partial charge in [0.05, 0.1) is 12.0 Å². The third-order valence-electron chi connectivity index (χ3n) is 5.93. The Morgan fingerprint density at radius 3 is 2.21 bits per heavy atom. The first-order valence-electron chi connectivity index (χ1n) is 7.47. The van der Waals surface area contributed by atoms with E-state index in [1.165, 1.54) is 44.8 Å². The van der Waals surface area contributed by atoms with Gasteiger partial charge in [0.25, 0.3) is 0 Å². The minimum absolute atomic E-state index is 0.158. The Bertz CT molecular complexity index is 495. The second-order valence-electron chi connectivity index (χ2n) is 6.79. The molecular formula is C16H20N2O. The summed E-state index contributed by atoms with van der Waals surface area (Å²) in [5.41, 5.74) is 1.87. The van der Waals surface area contributed by atoms with E-state index in [0.29, 0.717) is 5.92 Å². The topological polar surface area (TPSA) is 19.0 Å². The van der Waals surface area contributed by atoms with Gasteiger partial charge >= 0.3 is 0 Å². The molecule has 0 N–H and O–H groups in total. The highest BCUT2D eigenvalue weighted by Gasteiger charge is 2.71. The van der Waals surface area contributed by atoms with Crippen LogP contribution in [0.4, 0.5) is 0 Å². The molecule has 3 heteroatoms. The van der Waals surface area contributed by atoms with Gasteiger partial charge in [-0.05, 0) is 5.56 Å². The average Bonchev–Trinajstić information content (AvgIpc) is 3.21. The second kappa shape index (κ2) is 3.40. The van der Waals surface area contributed by atoms with Gasteiger partial charge < -0.3 is 14.5 Å². The molecule has 5 aliphatic heterocycles. The van der Waals surface area contributed by atoms with Crippen molar-refractivity contribution in [2.24, 2.45) is 5.92 Å². The number of ether oxygens (including phenoxy) is 1. The van der Waals surface area contributed by atoms with Crippen LogP contribution in [0.25, 0.3) is 0 Å². The molecule has 19 heavy (non-hydrogen) atoms. The molecule has 1 spiro atoms. The molecule has 1 aromatic carbocycles. The number of piperidine rings is 2. The fourth-order valence-electron chi connectivity index (χ4n) is 4.97. The van der Waals surface area contributed by atoms with Crippen LogP contribution in [0.2, 0.25) is 0 Å². The standard InChI is InChI=1S/C16H20N2O/c1-2-4-13(5-3-1)15-10-17-6-7-18(11-15)9-14(8-17)16(15)12-19-16/h1-5,14H,6-12H2. The number of hydrogen-bond donors (Lipinski definition) is 0.